The Morgan fingerprint density at radius 2 is 2.22 bits per heavy atom. The first-order valence-electron chi connectivity index (χ1n) is 5.75. The number of nitrogens with zero attached hydrogens (tertiary/aromatic N) is 3. The van der Waals surface area contributed by atoms with E-state index in [1.54, 1.807) is 24.0 Å². The molecule has 0 bridgehead atoms. The molecule has 2 aromatic heterocycles. The van der Waals surface area contributed by atoms with Crippen molar-refractivity contribution in [3.05, 3.63) is 29.4 Å². The van der Waals surface area contributed by atoms with E-state index in [-0.39, 0.29) is 17.6 Å². The van der Waals surface area contributed by atoms with Crippen LogP contribution in [0.2, 0.25) is 0 Å². The fourth-order valence-electron chi connectivity index (χ4n) is 1.57. The Bertz CT molecular complexity index is 568. The smallest absolute Gasteiger partial charge is 0.294 e. The Hall–Kier alpha value is -2.11. The Kier molecular flexibility index (Phi) is 3.18. The molecule has 0 saturated heterocycles. The van der Waals surface area contributed by atoms with E-state index in [9.17, 15) is 4.79 Å². The van der Waals surface area contributed by atoms with Crippen LogP contribution in [0, 0.1) is 6.92 Å². The van der Waals surface area contributed by atoms with Crippen molar-refractivity contribution in [2.75, 3.05) is 5.32 Å². The Labute approximate surface area is 105 Å². The highest BCUT2D eigenvalue weighted by Crippen LogP contribution is 2.16. The van der Waals surface area contributed by atoms with Gasteiger partial charge in [-0.05, 0) is 12.8 Å². The summed E-state index contributed by atoms with van der Waals surface area (Å²) in [7, 11) is 1.80. The van der Waals surface area contributed by atoms with Crippen LogP contribution in [0.5, 0.6) is 0 Å². The van der Waals surface area contributed by atoms with Crippen LogP contribution in [0.4, 0.5) is 5.69 Å². The summed E-state index contributed by atoms with van der Waals surface area (Å²) >= 11 is 0. The molecular formula is C12H16N4O2. The highest BCUT2D eigenvalue weighted by molar-refractivity contribution is 6.02. The fourth-order valence-corrected chi connectivity index (χ4v) is 1.57. The summed E-state index contributed by atoms with van der Waals surface area (Å²) in [6.07, 6.45) is 1.74. The van der Waals surface area contributed by atoms with E-state index in [2.05, 4.69) is 15.6 Å². The molecule has 0 aliphatic rings. The highest BCUT2D eigenvalue weighted by Gasteiger charge is 2.16. The van der Waals surface area contributed by atoms with Crippen molar-refractivity contribution in [2.45, 2.75) is 26.7 Å². The van der Waals surface area contributed by atoms with Crippen molar-refractivity contribution >= 4 is 11.6 Å². The molecule has 0 unspecified atom stereocenters. The van der Waals surface area contributed by atoms with Crippen LogP contribution in [0.15, 0.2) is 16.8 Å². The third-order valence-corrected chi connectivity index (χ3v) is 2.61. The molecule has 0 saturated carbocycles. The minimum absolute atomic E-state index is 0.210. The highest BCUT2D eigenvalue weighted by atomic mass is 16.5. The van der Waals surface area contributed by atoms with Gasteiger partial charge in [-0.3, -0.25) is 9.48 Å². The van der Waals surface area contributed by atoms with Gasteiger partial charge in [0.2, 0.25) is 5.76 Å². The van der Waals surface area contributed by atoms with E-state index >= 15 is 0 Å². The maximum Gasteiger partial charge on any atom is 0.294 e. The fraction of sp³-hybridized carbons (Fsp3) is 0.417. The van der Waals surface area contributed by atoms with Crippen LogP contribution >= 0.6 is 0 Å². The summed E-state index contributed by atoms with van der Waals surface area (Å²) in [5, 5.41) is 10.7. The molecule has 1 N–H and O–H groups in total. The molecule has 0 radical (unpaired) electrons. The van der Waals surface area contributed by atoms with E-state index in [4.69, 9.17) is 4.52 Å². The normalized spacial score (nSPS) is 10.9. The third-order valence-electron chi connectivity index (χ3n) is 2.61. The number of aromatic nitrogens is 3. The molecule has 0 aliphatic carbocycles. The molecule has 1 amide bonds. The number of hydrogen-bond acceptors (Lipinski definition) is 4. The van der Waals surface area contributed by atoms with E-state index in [0.29, 0.717) is 5.69 Å². The zero-order valence-corrected chi connectivity index (χ0v) is 10.9. The second-order valence-electron chi connectivity index (χ2n) is 4.53. The molecule has 96 valence electrons. The van der Waals surface area contributed by atoms with Crippen LogP contribution in [0.1, 0.15) is 41.7 Å². The minimum Gasteiger partial charge on any atom is -0.351 e. The Balaban J connectivity index is 2.14. The first-order chi connectivity index (χ1) is 8.47. The van der Waals surface area contributed by atoms with Crippen molar-refractivity contribution < 1.29 is 9.32 Å². The van der Waals surface area contributed by atoms with Gasteiger partial charge in [-0.25, -0.2) is 0 Å². The van der Waals surface area contributed by atoms with Gasteiger partial charge in [0.1, 0.15) is 0 Å². The average Bonchev–Trinajstić information content (AvgIpc) is 2.86. The first-order valence-corrected chi connectivity index (χ1v) is 5.75. The molecule has 18 heavy (non-hydrogen) atoms. The molecular weight excluding hydrogens is 232 g/mol. The van der Waals surface area contributed by atoms with Gasteiger partial charge in [0.05, 0.1) is 17.1 Å². The van der Waals surface area contributed by atoms with Crippen molar-refractivity contribution in [2.24, 2.45) is 7.05 Å². The molecule has 0 aromatic carbocycles. The van der Waals surface area contributed by atoms with Gasteiger partial charge in [0.25, 0.3) is 5.91 Å². The maximum absolute atomic E-state index is 11.9. The van der Waals surface area contributed by atoms with Crippen molar-refractivity contribution in [3.8, 4) is 0 Å². The van der Waals surface area contributed by atoms with Gasteiger partial charge < -0.3 is 9.84 Å². The lowest BCUT2D eigenvalue weighted by Gasteiger charge is -1.99. The zero-order chi connectivity index (χ0) is 13.3. The molecule has 6 heteroatoms. The van der Waals surface area contributed by atoms with Gasteiger partial charge in [-0.15, -0.1) is 0 Å². The van der Waals surface area contributed by atoms with Crippen LogP contribution < -0.4 is 5.32 Å². The molecule has 0 aliphatic heterocycles. The topological polar surface area (TPSA) is 73.0 Å². The van der Waals surface area contributed by atoms with Gasteiger partial charge >= 0.3 is 0 Å². The van der Waals surface area contributed by atoms with Crippen molar-refractivity contribution in [1.82, 2.24) is 14.9 Å². The van der Waals surface area contributed by atoms with E-state index in [1.807, 2.05) is 20.8 Å². The van der Waals surface area contributed by atoms with E-state index < -0.39 is 0 Å². The van der Waals surface area contributed by atoms with Crippen LogP contribution in [-0.4, -0.2) is 20.8 Å². The largest absolute Gasteiger partial charge is 0.351 e. The van der Waals surface area contributed by atoms with Crippen LogP contribution in [0.25, 0.3) is 0 Å². The molecule has 2 rings (SSSR count). The second kappa shape index (κ2) is 4.64. The zero-order valence-electron chi connectivity index (χ0n) is 10.9. The number of nitrogens with one attached hydrogen (secondary N) is 1. The number of amides is 1. The van der Waals surface area contributed by atoms with E-state index in [0.717, 1.165) is 11.4 Å². The summed E-state index contributed by atoms with van der Waals surface area (Å²) in [4.78, 5) is 11.9. The SMILES string of the molecule is Cc1nn(C)cc1NC(=O)c1cc(C(C)C)no1. The van der Waals surface area contributed by atoms with Gasteiger partial charge in [-0.1, -0.05) is 19.0 Å². The van der Waals surface area contributed by atoms with Crippen LogP contribution in [0.3, 0.4) is 0 Å². The summed E-state index contributed by atoms with van der Waals surface area (Å²) in [6, 6.07) is 1.66. The molecule has 0 spiro atoms. The number of carbonyl (C=O) groups excluding carboxylic acids is 1. The predicted molar refractivity (Wildman–Crippen MR) is 66.5 cm³/mol. The number of hydrogen-bond donors (Lipinski definition) is 1. The molecule has 2 aromatic rings. The van der Waals surface area contributed by atoms with Gasteiger partial charge in [0, 0.05) is 19.3 Å². The molecule has 6 nitrogen and oxygen atoms in total. The lowest BCUT2D eigenvalue weighted by Crippen LogP contribution is -2.11. The molecule has 0 atom stereocenters. The summed E-state index contributed by atoms with van der Waals surface area (Å²) in [5.41, 5.74) is 2.20. The molecule has 0 fully saturated rings. The maximum atomic E-state index is 11.9. The summed E-state index contributed by atoms with van der Waals surface area (Å²) < 4.78 is 6.66. The second-order valence-corrected chi connectivity index (χ2v) is 4.53. The lowest BCUT2D eigenvalue weighted by molar-refractivity contribution is 0.0987. The number of rotatable bonds is 3. The quantitative estimate of drug-likeness (QED) is 0.902. The van der Waals surface area contributed by atoms with Gasteiger partial charge in [0.15, 0.2) is 0 Å². The minimum atomic E-state index is -0.314. The van der Waals surface area contributed by atoms with Crippen molar-refractivity contribution in [3.63, 3.8) is 0 Å². The first kappa shape index (κ1) is 12.3. The standard InChI is InChI=1S/C12H16N4O2/c1-7(2)9-5-11(18-15-9)12(17)13-10-6-16(4)14-8(10)3/h5-7H,1-4H3,(H,13,17). The summed E-state index contributed by atoms with van der Waals surface area (Å²) in [5.74, 6) is 0.128. The number of aryl methyl sites for hydroxylation is 2. The van der Waals surface area contributed by atoms with Crippen molar-refractivity contribution in [1.29, 1.82) is 0 Å². The number of carbonyl (C=O) groups is 1. The lowest BCUT2D eigenvalue weighted by atomic mass is 10.1. The predicted octanol–water partition coefficient (Wildman–Crippen LogP) is 2.09. The van der Waals surface area contributed by atoms with E-state index in [1.165, 1.54) is 0 Å². The monoisotopic (exact) mass is 248 g/mol. The Morgan fingerprint density at radius 3 is 2.72 bits per heavy atom. The average molecular weight is 248 g/mol. The third kappa shape index (κ3) is 2.42. The van der Waals surface area contributed by atoms with Gasteiger partial charge in [-0.2, -0.15) is 5.10 Å². The Morgan fingerprint density at radius 1 is 1.50 bits per heavy atom. The number of anilines is 1. The molecule has 2 heterocycles. The van der Waals surface area contributed by atoms with Crippen LogP contribution in [-0.2, 0) is 7.05 Å². The summed E-state index contributed by atoms with van der Waals surface area (Å²) in [6.45, 7) is 5.81.